The van der Waals surface area contributed by atoms with Gasteiger partial charge >= 0.3 is 6.03 Å². The molecule has 0 radical (unpaired) electrons. The van der Waals surface area contributed by atoms with Gasteiger partial charge in [0.25, 0.3) is 0 Å². The largest absolute Gasteiger partial charge is 0.337 e. The van der Waals surface area contributed by atoms with Crippen molar-refractivity contribution in [2.24, 2.45) is 0 Å². The van der Waals surface area contributed by atoms with Crippen LogP contribution in [0.5, 0.6) is 0 Å². The summed E-state index contributed by atoms with van der Waals surface area (Å²) < 4.78 is 0. The van der Waals surface area contributed by atoms with Crippen LogP contribution < -0.4 is 16.0 Å². The second-order valence-electron chi connectivity index (χ2n) is 8.55. The van der Waals surface area contributed by atoms with Crippen LogP contribution in [0.15, 0.2) is 59.3 Å². The summed E-state index contributed by atoms with van der Waals surface area (Å²) in [5.74, 6) is 0.212. The van der Waals surface area contributed by atoms with Crippen LogP contribution in [0.25, 0.3) is 11.1 Å². The van der Waals surface area contributed by atoms with E-state index in [0.29, 0.717) is 28.3 Å². The van der Waals surface area contributed by atoms with E-state index in [-0.39, 0.29) is 11.9 Å². The highest BCUT2D eigenvalue weighted by molar-refractivity contribution is 7.08. The summed E-state index contributed by atoms with van der Waals surface area (Å²) in [6.45, 7) is 1.49. The lowest BCUT2D eigenvalue weighted by atomic mass is 9.93. The Bertz CT molecular complexity index is 1010. The standard InChI is InChI=1S/C26H29Cl2N3OS/c27-22-13-23(28)15-25(14-22)31-26(32)30-16-20(9-11-29-24-3-1-2-4-24)18-5-7-19(8-6-18)21-10-12-33-17-21/h5-8,10,12-15,17,20,24,29H,1-4,9,11,16H2,(H2,30,31,32). The van der Waals surface area contributed by atoms with E-state index in [1.807, 2.05) is 0 Å². The second-order valence-corrected chi connectivity index (χ2v) is 10.2. The lowest BCUT2D eigenvalue weighted by Gasteiger charge is -2.21. The van der Waals surface area contributed by atoms with Gasteiger partial charge in [0, 0.05) is 34.2 Å². The molecule has 2 aromatic carbocycles. The first-order chi connectivity index (χ1) is 16.1. The minimum Gasteiger partial charge on any atom is -0.337 e. The summed E-state index contributed by atoms with van der Waals surface area (Å²) in [5, 5.41) is 14.8. The molecule has 0 saturated heterocycles. The Hall–Kier alpha value is -2.05. The first kappa shape index (κ1) is 24.1. The molecule has 2 amide bonds. The van der Waals surface area contributed by atoms with Crippen molar-refractivity contribution >= 4 is 46.3 Å². The average molecular weight is 503 g/mol. The Morgan fingerprint density at radius 1 is 1.00 bits per heavy atom. The Morgan fingerprint density at radius 2 is 1.73 bits per heavy atom. The molecule has 1 aliphatic carbocycles. The fourth-order valence-corrected chi connectivity index (χ4v) is 5.56. The van der Waals surface area contributed by atoms with Gasteiger partial charge in [0.2, 0.25) is 0 Å². The molecule has 3 N–H and O–H groups in total. The van der Waals surface area contributed by atoms with Crippen molar-refractivity contribution in [3.05, 3.63) is 74.9 Å². The van der Waals surface area contributed by atoms with Crippen molar-refractivity contribution < 1.29 is 4.79 Å². The summed E-state index contributed by atoms with van der Waals surface area (Å²) in [6, 6.07) is 16.2. The molecule has 1 atom stereocenters. The number of nitrogens with one attached hydrogen (secondary N) is 3. The number of benzene rings is 2. The van der Waals surface area contributed by atoms with E-state index in [0.717, 1.165) is 13.0 Å². The molecular weight excluding hydrogens is 473 g/mol. The quantitative estimate of drug-likeness (QED) is 0.283. The number of anilines is 1. The highest BCUT2D eigenvalue weighted by Crippen LogP contribution is 2.27. The van der Waals surface area contributed by atoms with Gasteiger partial charge in [-0.3, -0.25) is 0 Å². The zero-order chi connectivity index (χ0) is 23.0. The number of hydrogen-bond acceptors (Lipinski definition) is 3. The smallest absolute Gasteiger partial charge is 0.319 e. The molecule has 4 nitrogen and oxygen atoms in total. The average Bonchev–Trinajstić information content (AvgIpc) is 3.50. The van der Waals surface area contributed by atoms with Crippen LogP contribution in [-0.2, 0) is 0 Å². The van der Waals surface area contributed by atoms with Crippen LogP contribution in [0, 0.1) is 0 Å². The van der Waals surface area contributed by atoms with Gasteiger partial charge in [-0.1, -0.05) is 60.3 Å². The Balaban J connectivity index is 1.38. The lowest BCUT2D eigenvalue weighted by Crippen LogP contribution is -2.34. The van der Waals surface area contributed by atoms with Gasteiger partial charge < -0.3 is 16.0 Å². The molecule has 7 heteroatoms. The van der Waals surface area contributed by atoms with Crippen LogP contribution in [0.1, 0.15) is 43.6 Å². The van der Waals surface area contributed by atoms with E-state index < -0.39 is 0 Å². The van der Waals surface area contributed by atoms with Crippen LogP contribution in [0.4, 0.5) is 10.5 Å². The number of urea groups is 1. The summed E-state index contributed by atoms with van der Waals surface area (Å²) in [7, 11) is 0. The Morgan fingerprint density at radius 3 is 2.39 bits per heavy atom. The zero-order valence-corrected chi connectivity index (χ0v) is 20.8. The molecule has 1 unspecified atom stereocenters. The molecule has 33 heavy (non-hydrogen) atoms. The predicted molar refractivity (Wildman–Crippen MR) is 141 cm³/mol. The van der Waals surface area contributed by atoms with Gasteiger partial charge in [-0.15, -0.1) is 0 Å². The number of carbonyl (C=O) groups excluding carboxylic acids is 1. The third-order valence-electron chi connectivity index (χ3n) is 6.15. The maximum Gasteiger partial charge on any atom is 0.319 e. The van der Waals surface area contributed by atoms with E-state index in [1.54, 1.807) is 29.5 Å². The number of carbonyl (C=O) groups is 1. The Labute approximate surface area is 209 Å². The predicted octanol–water partition coefficient (Wildman–Crippen LogP) is 7.55. The molecule has 174 valence electrons. The minimum absolute atomic E-state index is 0.212. The van der Waals surface area contributed by atoms with E-state index in [9.17, 15) is 4.79 Å². The van der Waals surface area contributed by atoms with E-state index in [2.05, 4.69) is 57.0 Å². The normalized spacial score (nSPS) is 14.8. The van der Waals surface area contributed by atoms with Gasteiger partial charge in [0.15, 0.2) is 0 Å². The molecule has 1 aromatic heterocycles. The first-order valence-electron chi connectivity index (χ1n) is 11.4. The van der Waals surface area contributed by atoms with Crippen molar-refractivity contribution in [3.63, 3.8) is 0 Å². The van der Waals surface area contributed by atoms with Gasteiger partial charge in [0.1, 0.15) is 0 Å². The molecule has 4 rings (SSSR count). The number of halogens is 2. The van der Waals surface area contributed by atoms with Crippen molar-refractivity contribution in [1.82, 2.24) is 10.6 Å². The Kier molecular flexibility index (Phi) is 8.68. The summed E-state index contributed by atoms with van der Waals surface area (Å²) in [5.41, 5.74) is 4.26. The molecule has 1 fully saturated rings. The van der Waals surface area contributed by atoms with Gasteiger partial charge in [0.05, 0.1) is 0 Å². The van der Waals surface area contributed by atoms with E-state index in [1.165, 1.54) is 42.4 Å². The molecular formula is C26H29Cl2N3OS. The molecule has 3 aromatic rings. The maximum absolute atomic E-state index is 12.5. The van der Waals surface area contributed by atoms with Crippen molar-refractivity contribution in [1.29, 1.82) is 0 Å². The summed E-state index contributed by atoms with van der Waals surface area (Å²) >= 11 is 13.8. The number of hydrogen-bond donors (Lipinski definition) is 3. The minimum atomic E-state index is -0.267. The van der Waals surface area contributed by atoms with Crippen molar-refractivity contribution in [2.45, 2.75) is 44.1 Å². The van der Waals surface area contributed by atoms with Gasteiger partial charge in [-0.2, -0.15) is 11.3 Å². The van der Waals surface area contributed by atoms with Crippen LogP contribution in [0.2, 0.25) is 10.0 Å². The molecule has 0 aliphatic heterocycles. The third kappa shape index (κ3) is 7.21. The fourth-order valence-electron chi connectivity index (χ4n) is 4.37. The first-order valence-corrected chi connectivity index (χ1v) is 13.1. The van der Waals surface area contributed by atoms with Crippen molar-refractivity contribution in [2.75, 3.05) is 18.4 Å². The van der Waals surface area contributed by atoms with Gasteiger partial charge in [-0.05, 0) is 77.5 Å². The summed E-state index contributed by atoms with van der Waals surface area (Å²) in [4.78, 5) is 12.5. The van der Waals surface area contributed by atoms with Crippen LogP contribution in [0.3, 0.4) is 0 Å². The van der Waals surface area contributed by atoms with Crippen LogP contribution in [-0.4, -0.2) is 25.2 Å². The van der Waals surface area contributed by atoms with E-state index in [4.69, 9.17) is 23.2 Å². The van der Waals surface area contributed by atoms with E-state index >= 15 is 0 Å². The highest BCUT2D eigenvalue weighted by atomic mass is 35.5. The number of rotatable bonds is 9. The molecule has 1 heterocycles. The fraction of sp³-hybridized carbons (Fsp3) is 0.346. The third-order valence-corrected chi connectivity index (χ3v) is 7.27. The molecule has 0 bridgehead atoms. The maximum atomic E-state index is 12.5. The lowest BCUT2D eigenvalue weighted by molar-refractivity contribution is 0.251. The monoisotopic (exact) mass is 501 g/mol. The number of amides is 2. The summed E-state index contributed by atoms with van der Waals surface area (Å²) in [6.07, 6.45) is 6.13. The SMILES string of the molecule is O=C(NCC(CCNC1CCCC1)c1ccc(-c2ccsc2)cc1)Nc1cc(Cl)cc(Cl)c1. The number of thiophene rings is 1. The topological polar surface area (TPSA) is 53.2 Å². The molecule has 0 spiro atoms. The zero-order valence-electron chi connectivity index (χ0n) is 18.5. The molecule has 1 aliphatic rings. The van der Waals surface area contributed by atoms with Crippen molar-refractivity contribution in [3.8, 4) is 11.1 Å². The van der Waals surface area contributed by atoms with Gasteiger partial charge in [-0.25, -0.2) is 4.79 Å². The highest BCUT2D eigenvalue weighted by Gasteiger charge is 2.17. The molecule has 1 saturated carbocycles. The second kappa shape index (κ2) is 11.9. The van der Waals surface area contributed by atoms with Crippen LogP contribution >= 0.6 is 34.5 Å².